The topological polar surface area (TPSA) is 77.0 Å². The summed E-state index contributed by atoms with van der Waals surface area (Å²) < 4.78 is 9.78. The predicted octanol–water partition coefficient (Wildman–Crippen LogP) is 3.63. The van der Waals surface area contributed by atoms with Gasteiger partial charge in [-0.3, -0.25) is 4.79 Å². The standard InChI is InChI=1S/C18H15ClN2O4/c1-2-24-18(23)25-17-16(22)20-14-9-8-12(19)10-13(14)15(21-17)11-6-4-3-5-7-11/h3-10,17H,2H2,1H3,(H,20,22). The van der Waals surface area contributed by atoms with Crippen LogP contribution in [0.3, 0.4) is 0 Å². The second-order valence-corrected chi connectivity index (χ2v) is 5.61. The number of anilines is 1. The molecule has 1 aliphatic rings. The Kier molecular flexibility index (Phi) is 5.00. The number of carbonyl (C=O) groups excluding carboxylic acids is 2. The third kappa shape index (κ3) is 3.80. The number of halogens is 1. The third-order valence-electron chi connectivity index (χ3n) is 3.48. The molecule has 128 valence electrons. The highest BCUT2D eigenvalue weighted by molar-refractivity contribution is 6.32. The zero-order valence-electron chi connectivity index (χ0n) is 13.4. The average molecular weight is 359 g/mol. The molecule has 3 rings (SSSR count). The summed E-state index contributed by atoms with van der Waals surface area (Å²) in [5.74, 6) is -0.567. The number of hydrogen-bond donors (Lipinski definition) is 1. The van der Waals surface area contributed by atoms with Gasteiger partial charge in [-0.15, -0.1) is 0 Å². The van der Waals surface area contributed by atoms with Crippen LogP contribution in [0.1, 0.15) is 18.1 Å². The molecule has 0 fully saturated rings. The first kappa shape index (κ1) is 17.0. The second-order valence-electron chi connectivity index (χ2n) is 5.18. The van der Waals surface area contributed by atoms with Crippen molar-refractivity contribution in [1.29, 1.82) is 0 Å². The molecule has 0 radical (unpaired) electrons. The van der Waals surface area contributed by atoms with Crippen LogP contribution in [-0.2, 0) is 14.3 Å². The van der Waals surface area contributed by atoms with Gasteiger partial charge in [0.25, 0.3) is 12.1 Å². The van der Waals surface area contributed by atoms with Crippen molar-refractivity contribution in [2.45, 2.75) is 13.2 Å². The molecule has 1 atom stereocenters. The van der Waals surface area contributed by atoms with Crippen LogP contribution in [0, 0.1) is 0 Å². The van der Waals surface area contributed by atoms with Crippen LogP contribution in [0.2, 0.25) is 5.02 Å². The Morgan fingerprint density at radius 2 is 2.00 bits per heavy atom. The number of benzodiazepines with no additional fused rings is 1. The number of fused-ring (bicyclic) bond motifs is 1. The fourth-order valence-corrected chi connectivity index (χ4v) is 2.58. The first-order chi connectivity index (χ1) is 12.1. The molecule has 0 saturated carbocycles. The van der Waals surface area contributed by atoms with Crippen molar-refractivity contribution in [3.63, 3.8) is 0 Å². The molecule has 1 unspecified atom stereocenters. The predicted molar refractivity (Wildman–Crippen MR) is 94.1 cm³/mol. The van der Waals surface area contributed by atoms with Crippen LogP contribution < -0.4 is 5.32 Å². The number of nitrogens with zero attached hydrogens (tertiary/aromatic N) is 1. The number of hydrogen-bond acceptors (Lipinski definition) is 5. The van der Waals surface area contributed by atoms with Crippen LogP contribution >= 0.6 is 11.6 Å². The van der Waals surface area contributed by atoms with Gasteiger partial charge in [0.1, 0.15) is 0 Å². The number of amides is 1. The molecule has 6 nitrogen and oxygen atoms in total. The molecule has 1 heterocycles. The maximum absolute atomic E-state index is 12.4. The van der Waals surface area contributed by atoms with Gasteiger partial charge in [-0.2, -0.15) is 0 Å². The monoisotopic (exact) mass is 358 g/mol. The SMILES string of the molecule is CCOC(=O)OC1N=C(c2ccccc2)c2cc(Cl)ccc2NC1=O. The van der Waals surface area contributed by atoms with Gasteiger partial charge in [0.05, 0.1) is 18.0 Å². The van der Waals surface area contributed by atoms with E-state index in [-0.39, 0.29) is 6.61 Å². The number of aliphatic imine (C=N–C) groups is 1. The molecule has 0 spiro atoms. The summed E-state index contributed by atoms with van der Waals surface area (Å²) in [7, 11) is 0. The Labute approximate surface area is 149 Å². The molecule has 0 aromatic heterocycles. The van der Waals surface area contributed by atoms with Crippen LogP contribution in [0.4, 0.5) is 10.5 Å². The summed E-state index contributed by atoms with van der Waals surface area (Å²) >= 11 is 6.11. The van der Waals surface area contributed by atoms with Gasteiger partial charge in [-0.1, -0.05) is 41.9 Å². The fourth-order valence-electron chi connectivity index (χ4n) is 2.41. The zero-order chi connectivity index (χ0) is 17.8. The van der Waals surface area contributed by atoms with Crippen LogP contribution in [0.15, 0.2) is 53.5 Å². The Morgan fingerprint density at radius 1 is 1.24 bits per heavy atom. The molecule has 0 saturated heterocycles. The van der Waals surface area contributed by atoms with Crippen molar-refractivity contribution in [3.8, 4) is 0 Å². The smallest absolute Gasteiger partial charge is 0.435 e. The van der Waals surface area contributed by atoms with E-state index >= 15 is 0 Å². The highest BCUT2D eigenvalue weighted by Gasteiger charge is 2.29. The average Bonchev–Trinajstić information content (AvgIpc) is 2.73. The molecule has 0 bridgehead atoms. The lowest BCUT2D eigenvalue weighted by Gasteiger charge is -2.11. The van der Waals surface area contributed by atoms with E-state index in [0.717, 1.165) is 5.56 Å². The van der Waals surface area contributed by atoms with Crippen LogP contribution in [0.5, 0.6) is 0 Å². The van der Waals surface area contributed by atoms with Crippen molar-refractivity contribution >= 4 is 35.1 Å². The summed E-state index contributed by atoms with van der Waals surface area (Å²) in [6, 6.07) is 14.3. The Balaban J connectivity index is 2.08. The van der Waals surface area contributed by atoms with Crippen molar-refractivity contribution in [3.05, 3.63) is 64.7 Å². The van der Waals surface area contributed by atoms with E-state index in [1.54, 1.807) is 25.1 Å². The largest absolute Gasteiger partial charge is 0.510 e. The lowest BCUT2D eigenvalue weighted by molar-refractivity contribution is -0.125. The van der Waals surface area contributed by atoms with E-state index in [1.807, 2.05) is 30.3 Å². The highest BCUT2D eigenvalue weighted by Crippen LogP contribution is 2.27. The van der Waals surface area contributed by atoms with Gasteiger partial charge < -0.3 is 14.8 Å². The molecule has 7 heteroatoms. The van der Waals surface area contributed by atoms with E-state index in [2.05, 4.69) is 10.3 Å². The maximum atomic E-state index is 12.4. The summed E-state index contributed by atoms with van der Waals surface area (Å²) in [6.07, 6.45) is -2.32. The van der Waals surface area contributed by atoms with E-state index in [4.69, 9.17) is 21.1 Å². The number of carbonyl (C=O) groups is 2. The van der Waals surface area contributed by atoms with Gasteiger partial charge in [-0.25, -0.2) is 9.79 Å². The third-order valence-corrected chi connectivity index (χ3v) is 3.72. The van der Waals surface area contributed by atoms with Gasteiger partial charge in [0.2, 0.25) is 0 Å². The fraction of sp³-hybridized carbons (Fsp3) is 0.167. The maximum Gasteiger partial charge on any atom is 0.510 e. The molecule has 0 aliphatic carbocycles. The zero-order valence-corrected chi connectivity index (χ0v) is 14.1. The van der Waals surface area contributed by atoms with E-state index in [0.29, 0.717) is 22.0 Å². The molecule has 1 N–H and O–H groups in total. The highest BCUT2D eigenvalue weighted by atomic mass is 35.5. The minimum Gasteiger partial charge on any atom is -0.435 e. The Morgan fingerprint density at radius 3 is 2.72 bits per heavy atom. The van der Waals surface area contributed by atoms with Gasteiger partial charge in [0, 0.05) is 16.1 Å². The van der Waals surface area contributed by atoms with Crippen molar-refractivity contribution in [2.24, 2.45) is 4.99 Å². The van der Waals surface area contributed by atoms with E-state index in [9.17, 15) is 9.59 Å². The minimum absolute atomic E-state index is 0.137. The van der Waals surface area contributed by atoms with Crippen LogP contribution in [-0.4, -0.2) is 30.6 Å². The van der Waals surface area contributed by atoms with Gasteiger partial charge >= 0.3 is 6.16 Å². The Bertz CT molecular complexity index is 836. The molecule has 25 heavy (non-hydrogen) atoms. The summed E-state index contributed by atoms with van der Waals surface area (Å²) in [4.78, 5) is 28.4. The van der Waals surface area contributed by atoms with E-state index < -0.39 is 18.3 Å². The molecular weight excluding hydrogens is 344 g/mol. The first-order valence-electron chi connectivity index (χ1n) is 7.66. The first-order valence-corrected chi connectivity index (χ1v) is 8.03. The Hall–Kier alpha value is -2.86. The number of nitrogens with one attached hydrogen (secondary N) is 1. The van der Waals surface area contributed by atoms with Crippen LogP contribution in [0.25, 0.3) is 0 Å². The van der Waals surface area contributed by atoms with Crippen molar-refractivity contribution < 1.29 is 19.1 Å². The molecular formula is C18H15ClN2O4. The van der Waals surface area contributed by atoms with Crippen molar-refractivity contribution in [1.82, 2.24) is 0 Å². The molecule has 2 aromatic rings. The van der Waals surface area contributed by atoms with E-state index in [1.165, 1.54) is 0 Å². The molecule has 1 amide bonds. The molecule has 2 aromatic carbocycles. The normalized spacial score (nSPS) is 16.2. The number of ether oxygens (including phenoxy) is 2. The second kappa shape index (κ2) is 7.36. The summed E-state index contributed by atoms with van der Waals surface area (Å²) in [6.45, 7) is 1.78. The summed E-state index contributed by atoms with van der Waals surface area (Å²) in [5.41, 5.74) is 2.43. The number of rotatable bonds is 3. The lowest BCUT2D eigenvalue weighted by Crippen LogP contribution is -2.30. The van der Waals surface area contributed by atoms with Crippen molar-refractivity contribution in [2.75, 3.05) is 11.9 Å². The minimum atomic E-state index is -1.36. The van der Waals surface area contributed by atoms with Gasteiger partial charge in [-0.05, 0) is 25.1 Å². The van der Waals surface area contributed by atoms with Gasteiger partial charge in [0.15, 0.2) is 0 Å². The summed E-state index contributed by atoms with van der Waals surface area (Å²) in [5, 5.41) is 3.20. The molecule has 1 aliphatic heterocycles. The quantitative estimate of drug-likeness (QED) is 0.850. The lowest BCUT2D eigenvalue weighted by atomic mass is 10.0. The number of benzene rings is 2.